The number of fused-ring (bicyclic) bond motifs is 28. The molecular formula is C96H104O8P8. The van der Waals surface area contributed by atoms with Crippen molar-refractivity contribution in [1.82, 2.24) is 0 Å². The van der Waals surface area contributed by atoms with Gasteiger partial charge in [-0.3, -0.25) is 0 Å². The summed E-state index contributed by atoms with van der Waals surface area (Å²) in [6.07, 6.45) is 27.1. The maximum absolute atomic E-state index is 6.43. The monoisotopic (exact) mass is 1630 g/mol. The molecule has 8 atom stereocenters. The van der Waals surface area contributed by atoms with Crippen LogP contribution >= 0.6 is 73.9 Å². The predicted molar refractivity (Wildman–Crippen MR) is 498 cm³/mol. The predicted octanol–water partition coefficient (Wildman–Crippen LogP) is 21.7. The van der Waals surface area contributed by atoms with E-state index in [0.717, 1.165) is 168 Å². The molecule has 0 fully saturated rings. The molecule has 12 aromatic rings. The zero-order valence-electron chi connectivity index (χ0n) is 64.4. The van der Waals surface area contributed by atoms with Crippen LogP contribution in [-0.2, 0) is 76.0 Å². The lowest BCUT2D eigenvalue weighted by molar-refractivity contribution is 0.252. The van der Waals surface area contributed by atoms with E-state index in [0.29, 0.717) is 26.4 Å². The topological polar surface area (TPSA) is 73.8 Å². The lowest BCUT2D eigenvalue weighted by atomic mass is 9.78. The van der Waals surface area contributed by atoms with Crippen LogP contribution < -0.4 is 59.1 Å². The van der Waals surface area contributed by atoms with Crippen molar-refractivity contribution in [2.24, 2.45) is 0 Å². The number of hydrogen-bond donors (Lipinski definition) is 0. The summed E-state index contributed by atoms with van der Waals surface area (Å²) in [6, 6.07) is 52.3. The van der Waals surface area contributed by atoms with Crippen molar-refractivity contribution >= 4 is 138 Å². The third-order valence-electron chi connectivity index (χ3n) is 24.1. The van der Waals surface area contributed by atoms with Crippen molar-refractivity contribution in [3.8, 4) is 90.5 Å². The molecule has 4 heterocycles. The van der Waals surface area contributed by atoms with Gasteiger partial charge < -0.3 is 37.9 Å². The molecule has 0 spiro atoms. The van der Waals surface area contributed by atoms with Crippen LogP contribution in [0.5, 0.6) is 46.0 Å². The van der Waals surface area contributed by atoms with Crippen molar-refractivity contribution in [3.63, 3.8) is 0 Å². The SMILES string of the molecule is PCc1cc2c(c3c1CCCC3)-c1c(cc(CP)c3c1CCCC3)OCCCO2.PCc1cc2c(c3ccccc13)-c1c(cc(CP)c3ccccc13)OCCCO2.Pc1cc2c(c3c1CCCC3)-c1c(cc(P)c3c1CCCC3)OCCCO2.Pc1cc2c(c3ccccc13)-c1c(cc(P)c3ccccc13)OCCCO2. The van der Waals surface area contributed by atoms with Crippen LogP contribution in [0.3, 0.4) is 0 Å². The van der Waals surface area contributed by atoms with Gasteiger partial charge in [-0.15, -0.1) is 73.9 Å². The highest BCUT2D eigenvalue weighted by molar-refractivity contribution is 7.29. The number of ether oxygens (including phenoxy) is 8. The first-order chi connectivity index (χ1) is 55.1. The van der Waals surface area contributed by atoms with Crippen molar-refractivity contribution in [3.05, 3.63) is 212 Å². The van der Waals surface area contributed by atoms with Gasteiger partial charge in [-0.25, -0.2) is 0 Å². The van der Waals surface area contributed by atoms with Crippen molar-refractivity contribution in [2.75, 3.05) is 52.9 Å². The van der Waals surface area contributed by atoms with Gasteiger partial charge in [0.15, 0.2) is 0 Å². The summed E-state index contributed by atoms with van der Waals surface area (Å²) in [5.41, 5.74) is 27.8. The van der Waals surface area contributed by atoms with Gasteiger partial charge in [0.1, 0.15) is 46.0 Å². The Kier molecular flexibility index (Phi) is 24.8. The van der Waals surface area contributed by atoms with E-state index in [1.807, 2.05) is 0 Å². The Hall–Kier alpha value is -6.48. The summed E-state index contributed by atoms with van der Waals surface area (Å²) >= 11 is 0. The molecule has 16 heteroatoms. The third kappa shape index (κ3) is 15.4. The Morgan fingerprint density at radius 2 is 0.402 bits per heavy atom. The summed E-state index contributed by atoms with van der Waals surface area (Å²) in [5, 5.41) is 14.7. The van der Waals surface area contributed by atoms with Gasteiger partial charge in [-0.05, 0) is 307 Å². The van der Waals surface area contributed by atoms with E-state index in [4.69, 9.17) is 37.9 Å². The quantitative estimate of drug-likeness (QED) is 0.161. The van der Waals surface area contributed by atoms with Crippen LogP contribution in [0.1, 0.15) is 144 Å². The summed E-state index contributed by atoms with van der Waals surface area (Å²) in [7, 11) is 23.2. The Morgan fingerprint density at radius 3 is 0.696 bits per heavy atom. The molecule has 0 aromatic heterocycles. The molecule has 0 saturated carbocycles. The molecule has 112 heavy (non-hydrogen) atoms. The van der Waals surface area contributed by atoms with E-state index in [9.17, 15) is 0 Å². The standard InChI is InChI=1S/C25H32O2P2.C25H24O2P2.C23H28O2P2.C23H20O2P2/c2*28-14-16-12-22-24(20-8-3-1-6-18(16)20)25-21-9-4-2-7-19(21)17(15-29)13-23(25)27-11-5-10-26-22;2*26-20-12-18-22(16-8-3-1-6-14(16)20)23-17-9-4-2-7-15(17)21(27)13-19(23)25-11-5-10-24-18/h12-13H,1-11,14-15,28-29H2;1-4,6-9,12-13H,5,10-11,14-15,28-29H2;12-13H,1-11,26-27H2;1-4,6-9,12-13H,5,10-11,26-27H2. The average Bonchev–Trinajstić information content (AvgIpc) is 0.920. The maximum Gasteiger partial charge on any atom is 0.128 e. The Balaban J connectivity index is 0.000000108. The normalized spacial score (nSPS) is 15.9. The van der Waals surface area contributed by atoms with E-state index in [1.54, 1.807) is 22.3 Å². The molecular weight excluding hydrogens is 1530 g/mol. The van der Waals surface area contributed by atoms with E-state index in [1.165, 1.54) is 210 Å². The molecule has 0 saturated heterocycles. The van der Waals surface area contributed by atoms with Crippen molar-refractivity contribution < 1.29 is 37.9 Å². The zero-order valence-corrected chi connectivity index (χ0v) is 73.6. The molecule has 0 N–H and O–H groups in total. The van der Waals surface area contributed by atoms with E-state index in [2.05, 4.69) is 220 Å². The van der Waals surface area contributed by atoms with Gasteiger partial charge >= 0.3 is 0 Å². The van der Waals surface area contributed by atoms with Crippen LogP contribution in [0.2, 0.25) is 0 Å². The first-order valence-corrected chi connectivity index (χ1v) is 46.5. The molecule has 0 radical (unpaired) electrons. The van der Waals surface area contributed by atoms with Gasteiger partial charge in [0.25, 0.3) is 0 Å². The minimum Gasteiger partial charge on any atom is -0.493 e. The smallest absolute Gasteiger partial charge is 0.128 e. The summed E-state index contributed by atoms with van der Waals surface area (Å²) in [6.45, 7) is 5.52. The lowest BCUT2D eigenvalue weighted by Gasteiger charge is -2.29. The Bertz CT molecular complexity index is 5260. The lowest BCUT2D eigenvalue weighted by Crippen LogP contribution is -2.18. The fraction of sp³-hybridized carbons (Fsp3) is 0.333. The molecule has 12 aromatic carbocycles. The fourth-order valence-corrected chi connectivity index (χ4v) is 22.1. The minimum atomic E-state index is 0.648. The minimum absolute atomic E-state index is 0.648. The van der Waals surface area contributed by atoms with Crippen molar-refractivity contribution in [1.29, 1.82) is 0 Å². The second-order valence-corrected chi connectivity index (χ2v) is 35.0. The van der Waals surface area contributed by atoms with E-state index < -0.39 is 0 Å². The van der Waals surface area contributed by atoms with Crippen LogP contribution in [0.15, 0.2) is 146 Å². The molecule has 8 nitrogen and oxygen atoms in total. The Labute approximate surface area is 680 Å². The van der Waals surface area contributed by atoms with Gasteiger partial charge in [-0.2, -0.15) is 0 Å². The van der Waals surface area contributed by atoms with E-state index in [-0.39, 0.29) is 0 Å². The summed E-state index contributed by atoms with van der Waals surface area (Å²) < 4.78 is 50.7. The van der Waals surface area contributed by atoms with Crippen LogP contribution in [0.4, 0.5) is 0 Å². The number of benzene rings is 12. The molecule has 576 valence electrons. The molecule has 8 unspecified atom stereocenters. The highest BCUT2D eigenvalue weighted by Crippen LogP contribution is 2.54. The zero-order chi connectivity index (χ0) is 76.3. The molecule has 20 rings (SSSR count). The summed E-state index contributed by atoms with van der Waals surface area (Å²) in [4.78, 5) is 0. The van der Waals surface area contributed by atoms with Gasteiger partial charge in [0.2, 0.25) is 0 Å². The largest absolute Gasteiger partial charge is 0.493 e. The first-order valence-electron chi connectivity index (χ1n) is 40.9. The average molecular weight is 1630 g/mol. The first kappa shape index (κ1) is 78.1. The van der Waals surface area contributed by atoms with Gasteiger partial charge in [-0.1, -0.05) is 97.1 Å². The molecule has 4 aliphatic heterocycles. The highest BCUT2D eigenvalue weighted by Gasteiger charge is 2.33. The highest BCUT2D eigenvalue weighted by atomic mass is 31.0. The molecule has 0 bridgehead atoms. The summed E-state index contributed by atoms with van der Waals surface area (Å²) in [5.74, 6) is 8.09. The number of hydrogen-bond acceptors (Lipinski definition) is 8. The second-order valence-electron chi connectivity index (χ2n) is 30.8. The fourth-order valence-electron chi connectivity index (χ4n) is 18.9. The second kappa shape index (κ2) is 35.5. The van der Waals surface area contributed by atoms with Crippen LogP contribution in [0.25, 0.3) is 87.6 Å². The van der Waals surface area contributed by atoms with Crippen molar-refractivity contribution in [2.45, 2.75) is 153 Å². The van der Waals surface area contributed by atoms with Gasteiger partial charge in [0.05, 0.1) is 52.9 Å². The van der Waals surface area contributed by atoms with Crippen LogP contribution in [0, 0.1) is 0 Å². The van der Waals surface area contributed by atoms with E-state index >= 15 is 0 Å². The maximum atomic E-state index is 6.43. The molecule has 4 aliphatic carbocycles. The third-order valence-corrected chi connectivity index (χ3v) is 27.8. The van der Waals surface area contributed by atoms with Gasteiger partial charge in [0, 0.05) is 70.2 Å². The number of rotatable bonds is 4. The Morgan fingerprint density at radius 1 is 0.196 bits per heavy atom. The molecule has 0 amide bonds. The van der Waals surface area contributed by atoms with Crippen LogP contribution in [-0.4, -0.2) is 52.9 Å². The molecule has 8 aliphatic rings.